The Morgan fingerprint density at radius 3 is 2.72 bits per heavy atom. The Kier molecular flexibility index (Phi) is 7.25. The van der Waals surface area contributed by atoms with E-state index in [-0.39, 0.29) is 5.91 Å². The first-order valence-corrected chi connectivity index (χ1v) is 11.8. The molecule has 2 heterocycles. The predicted octanol–water partition coefficient (Wildman–Crippen LogP) is 5.34. The minimum Gasteiger partial charge on any atom is -0.489 e. The molecule has 0 radical (unpaired) electrons. The highest BCUT2D eigenvalue weighted by atomic mass is 32.1. The molecule has 0 aliphatic carbocycles. The minimum absolute atomic E-state index is 0.0904. The van der Waals surface area contributed by atoms with Crippen LogP contribution in [0.15, 0.2) is 47.8 Å². The lowest BCUT2D eigenvalue weighted by atomic mass is 10.1. The van der Waals surface area contributed by atoms with Gasteiger partial charge in [0.2, 0.25) is 0 Å². The maximum atomic E-state index is 12.8. The fraction of sp³-hybridized carbons (Fsp3) is 0.346. The van der Waals surface area contributed by atoms with Crippen LogP contribution in [-0.2, 0) is 17.9 Å². The zero-order valence-electron chi connectivity index (χ0n) is 18.9. The molecule has 0 spiro atoms. The van der Waals surface area contributed by atoms with Crippen molar-refractivity contribution in [1.29, 1.82) is 0 Å². The van der Waals surface area contributed by atoms with Crippen LogP contribution in [0.4, 0.5) is 5.69 Å². The van der Waals surface area contributed by atoms with Gasteiger partial charge in [-0.15, -0.1) is 11.3 Å². The number of ether oxygens (including phenoxy) is 2. The third kappa shape index (κ3) is 5.76. The first kappa shape index (κ1) is 22.5. The second-order valence-electron chi connectivity index (χ2n) is 8.36. The van der Waals surface area contributed by atoms with Crippen LogP contribution >= 0.6 is 11.3 Å². The summed E-state index contributed by atoms with van der Waals surface area (Å²) in [6, 6.07) is 14.2. The molecule has 1 fully saturated rings. The van der Waals surface area contributed by atoms with Gasteiger partial charge in [0.05, 0.1) is 18.1 Å². The summed E-state index contributed by atoms with van der Waals surface area (Å²) < 4.78 is 11.5. The summed E-state index contributed by atoms with van der Waals surface area (Å²) in [4.78, 5) is 15.8. The number of rotatable bonds is 7. The van der Waals surface area contributed by atoms with Gasteiger partial charge in [-0.3, -0.25) is 9.69 Å². The first-order valence-electron chi connectivity index (χ1n) is 11.0. The highest BCUT2D eigenvalue weighted by Gasteiger charge is 2.13. The normalized spacial score (nSPS) is 14.3. The van der Waals surface area contributed by atoms with E-state index in [0.29, 0.717) is 11.5 Å². The van der Waals surface area contributed by atoms with E-state index in [4.69, 9.17) is 9.47 Å². The molecule has 1 aliphatic rings. The van der Waals surface area contributed by atoms with Gasteiger partial charge in [-0.1, -0.05) is 18.2 Å². The average Bonchev–Trinajstić information content (AvgIpc) is 3.25. The Balaban J connectivity index is 1.35. The van der Waals surface area contributed by atoms with Crippen LogP contribution in [0.2, 0.25) is 0 Å². The SMILES string of the molecule is Cc1cc(C)c(C)c(OCc2csc(C(=O)Nc3cccc(CN4CCOCC4)c3)c2)c1. The van der Waals surface area contributed by atoms with Gasteiger partial charge in [0.25, 0.3) is 5.91 Å². The van der Waals surface area contributed by atoms with E-state index in [9.17, 15) is 4.79 Å². The number of aryl methyl sites for hydroxylation is 2. The van der Waals surface area contributed by atoms with Gasteiger partial charge >= 0.3 is 0 Å². The first-order chi connectivity index (χ1) is 15.5. The number of benzene rings is 2. The minimum atomic E-state index is -0.0904. The predicted molar refractivity (Wildman–Crippen MR) is 130 cm³/mol. The van der Waals surface area contributed by atoms with Crippen LogP contribution < -0.4 is 10.1 Å². The smallest absolute Gasteiger partial charge is 0.265 e. The molecule has 4 rings (SSSR count). The summed E-state index contributed by atoms with van der Waals surface area (Å²) in [5.74, 6) is 0.809. The zero-order valence-corrected chi connectivity index (χ0v) is 19.8. The molecular formula is C26H30N2O3S. The van der Waals surface area contributed by atoms with Crippen molar-refractivity contribution >= 4 is 22.9 Å². The van der Waals surface area contributed by atoms with Gasteiger partial charge in [-0.05, 0) is 72.7 Å². The van der Waals surface area contributed by atoms with Crippen molar-refractivity contribution < 1.29 is 14.3 Å². The monoisotopic (exact) mass is 450 g/mol. The third-order valence-corrected chi connectivity index (χ3v) is 6.71. The second-order valence-corrected chi connectivity index (χ2v) is 9.27. The quantitative estimate of drug-likeness (QED) is 0.528. The summed E-state index contributed by atoms with van der Waals surface area (Å²) >= 11 is 1.44. The molecule has 0 saturated carbocycles. The van der Waals surface area contributed by atoms with E-state index in [1.807, 2.05) is 29.6 Å². The molecule has 6 heteroatoms. The fourth-order valence-corrected chi connectivity index (χ4v) is 4.63. The second kappa shape index (κ2) is 10.3. The topological polar surface area (TPSA) is 50.8 Å². The van der Waals surface area contributed by atoms with Gasteiger partial charge in [-0.2, -0.15) is 0 Å². The van der Waals surface area contributed by atoms with Crippen LogP contribution in [0.5, 0.6) is 5.75 Å². The molecule has 2 aromatic carbocycles. The Morgan fingerprint density at radius 2 is 1.91 bits per heavy atom. The summed E-state index contributed by atoms with van der Waals surface area (Å²) in [5.41, 5.74) is 6.57. The molecule has 0 bridgehead atoms. The van der Waals surface area contributed by atoms with Crippen molar-refractivity contribution in [2.75, 3.05) is 31.6 Å². The number of nitrogens with one attached hydrogen (secondary N) is 1. The van der Waals surface area contributed by atoms with Gasteiger partial charge in [-0.25, -0.2) is 0 Å². The van der Waals surface area contributed by atoms with Crippen LogP contribution in [0.25, 0.3) is 0 Å². The number of anilines is 1. The third-order valence-electron chi connectivity index (χ3n) is 5.73. The molecule has 1 saturated heterocycles. The maximum Gasteiger partial charge on any atom is 0.265 e. The maximum absolute atomic E-state index is 12.8. The molecule has 0 unspecified atom stereocenters. The molecule has 32 heavy (non-hydrogen) atoms. The number of hydrogen-bond donors (Lipinski definition) is 1. The Bertz CT molecular complexity index is 1090. The molecule has 3 aromatic rings. The van der Waals surface area contributed by atoms with E-state index in [1.54, 1.807) is 0 Å². The van der Waals surface area contributed by atoms with Gasteiger partial charge in [0, 0.05) is 30.9 Å². The number of hydrogen-bond acceptors (Lipinski definition) is 5. The van der Waals surface area contributed by atoms with Crippen molar-refractivity contribution in [3.63, 3.8) is 0 Å². The van der Waals surface area contributed by atoms with Crippen LogP contribution in [-0.4, -0.2) is 37.1 Å². The molecule has 5 nitrogen and oxygen atoms in total. The number of nitrogens with zero attached hydrogens (tertiary/aromatic N) is 1. The number of carbonyl (C=O) groups excluding carboxylic acids is 1. The largest absolute Gasteiger partial charge is 0.489 e. The Labute approximate surface area is 194 Å². The average molecular weight is 451 g/mol. The molecule has 1 aliphatic heterocycles. The standard InChI is InChI=1S/C26H30N2O3S/c1-18-11-19(2)20(3)24(12-18)31-16-22-14-25(32-17-22)26(29)27-23-6-4-5-21(13-23)15-28-7-9-30-10-8-28/h4-6,11-14,17H,7-10,15-16H2,1-3H3,(H,27,29). The van der Waals surface area contributed by atoms with Gasteiger partial charge in [0.15, 0.2) is 0 Å². The van der Waals surface area contributed by atoms with Crippen molar-refractivity contribution in [3.8, 4) is 5.75 Å². The zero-order chi connectivity index (χ0) is 22.5. The van der Waals surface area contributed by atoms with E-state index in [2.05, 4.69) is 49.2 Å². The van der Waals surface area contributed by atoms with Crippen LogP contribution in [0, 0.1) is 20.8 Å². The Morgan fingerprint density at radius 1 is 1.09 bits per heavy atom. The molecule has 1 N–H and O–H groups in total. The lowest BCUT2D eigenvalue weighted by molar-refractivity contribution is 0.0342. The molecule has 1 aromatic heterocycles. The van der Waals surface area contributed by atoms with Gasteiger partial charge < -0.3 is 14.8 Å². The highest BCUT2D eigenvalue weighted by molar-refractivity contribution is 7.12. The molecular weight excluding hydrogens is 420 g/mol. The van der Waals surface area contributed by atoms with E-state index in [1.165, 1.54) is 28.0 Å². The lowest BCUT2D eigenvalue weighted by Gasteiger charge is -2.26. The summed E-state index contributed by atoms with van der Waals surface area (Å²) in [6.07, 6.45) is 0. The van der Waals surface area contributed by atoms with E-state index >= 15 is 0 Å². The van der Waals surface area contributed by atoms with Crippen LogP contribution in [0.3, 0.4) is 0 Å². The van der Waals surface area contributed by atoms with E-state index in [0.717, 1.165) is 55.4 Å². The molecule has 168 valence electrons. The number of carbonyl (C=O) groups is 1. The lowest BCUT2D eigenvalue weighted by Crippen LogP contribution is -2.35. The summed E-state index contributed by atoms with van der Waals surface area (Å²) in [5, 5.41) is 5.02. The summed E-state index contributed by atoms with van der Waals surface area (Å²) in [6.45, 7) is 11.0. The molecule has 1 amide bonds. The summed E-state index contributed by atoms with van der Waals surface area (Å²) in [7, 11) is 0. The van der Waals surface area contributed by atoms with Crippen molar-refractivity contribution in [1.82, 2.24) is 4.90 Å². The van der Waals surface area contributed by atoms with Gasteiger partial charge in [0.1, 0.15) is 12.4 Å². The molecule has 0 atom stereocenters. The number of morpholine rings is 1. The van der Waals surface area contributed by atoms with E-state index < -0.39 is 0 Å². The van der Waals surface area contributed by atoms with Crippen molar-refractivity contribution in [2.24, 2.45) is 0 Å². The number of amides is 1. The number of thiophene rings is 1. The Hall–Kier alpha value is -2.67. The fourth-order valence-electron chi connectivity index (χ4n) is 3.84. The van der Waals surface area contributed by atoms with Crippen molar-refractivity contribution in [2.45, 2.75) is 33.9 Å². The van der Waals surface area contributed by atoms with Crippen LogP contribution in [0.1, 0.15) is 37.5 Å². The van der Waals surface area contributed by atoms with Crippen molar-refractivity contribution in [3.05, 3.63) is 80.5 Å². The highest BCUT2D eigenvalue weighted by Crippen LogP contribution is 2.25.